The standard InChI is InChI=1S/C18H15ClN4O4S2/c1-2-22(18-21-12-8-11(19)4-6-14(12)29-18)16(24)9-28-15-5-3-10(17(20)25)7-13(15)23(26)27/h3-8H,2,9H2,1H3,(H2,20,25). The molecule has 0 saturated heterocycles. The molecule has 150 valence electrons. The number of benzene rings is 2. The summed E-state index contributed by atoms with van der Waals surface area (Å²) in [5, 5.41) is 12.4. The van der Waals surface area contributed by atoms with E-state index in [1.807, 2.05) is 13.0 Å². The van der Waals surface area contributed by atoms with Crippen molar-refractivity contribution >= 4 is 67.5 Å². The average molecular weight is 451 g/mol. The van der Waals surface area contributed by atoms with Gasteiger partial charge in [-0.05, 0) is 37.3 Å². The molecule has 0 bridgehead atoms. The van der Waals surface area contributed by atoms with Crippen LogP contribution in [0.1, 0.15) is 17.3 Å². The first kappa shape index (κ1) is 21.0. The van der Waals surface area contributed by atoms with E-state index in [0.29, 0.717) is 22.2 Å². The number of carbonyl (C=O) groups is 2. The Hall–Kier alpha value is -2.69. The van der Waals surface area contributed by atoms with Crippen LogP contribution in [0.15, 0.2) is 41.3 Å². The Balaban J connectivity index is 1.79. The maximum Gasteiger partial charge on any atom is 0.283 e. The predicted octanol–water partition coefficient (Wildman–Crippen LogP) is 4.10. The largest absolute Gasteiger partial charge is 0.366 e. The van der Waals surface area contributed by atoms with Crippen molar-refractivity contribution in [3.05, 3.63) is 57.1 Å². The average Bonchev–Trinajstić information content (AvgIpc) is 3.09. The van der Waals surface area contributed by atoms with Crippen molar-refractivity contribution in [2.45, 2.75) is 11.8 Å². The van der Waals surface area contributed by atoms with Crippen molar-refractivity contribution in [2.75, 3.05) is 17.2 Å². The van der Waals surface area contributed by atoms with Crippen LogP contribution in [0.2, 0.25) is 5.02 Å². The highest BCUT2D eigenvalue weighted by Gasteiger charge is 2.22. The highest BCUT2D eigenvalue weighted by Crippen LogP contribution is 2.33. The molecule has 0 aliphatic carbocycles. The number of nitro benzene ring substituents is 1. The lowest BCUT2D eigenvalue weighted by Gasteiger charge is -2.17. The number of hydrogen-bond acceptors (Lipinski definition) is 7. The molecular formula is C18H15ClN4O4S2. The number of amides is 2. The summed E-state index contributed by atoms with van der Waals surface area (Å²) in [4.78, 5) is 41.0. The topological polar surface area (TPSA) is 119 Å². The van der Waals surface area contributed by atoms with E-state index in [1.54, 1.807) is 12.1 Å². The number of halogens is 1. The van der Waals surface area contributed by atoms with E-state index in [0.717, 1.165) is 22.5 Å². The molecule has 3 aromatic rings. The molecule has 1 aromatic heterocycles. The smallest absolute Gasteiger partial charge is 0.283 e. The van der Waals surface area contributed by atoms with Crippen LogP contribution in [-0.2, 0) is 4.79 Å². The molecular weight excluding hydrogens is 436 g/mol. The highest BCUT2D eigenvalue weighted by molar-refractivity contribution is 8.00. The normalized spacial score (nSPS) is 10.8. The number of fused-ring (bicyclic) bond motifs is 1. The molecule has 11 heteroatoms. The van der Waals surface area contributed by atoms with Gasteiger partial charge in [0.1, 0.15) is 0 Å². The summed E-state index contributed by atoms with van der Waals surface area (Å²) >= 11 is 8.38. The molecule has 29 heavy (non-hydrogen) atoms. The van der Waals surface area contributed by atoms with Crippen LogP contribution in [0.4, 0.5) is 10.8 Å². The lowest BCUT2D eigenvalue weighted by atomic mass is 10.2. The summed E-state index contributed by atoms with van der Waals surface area (Å²) in [6.45, 7) is 2.22. The zero-order valence-electron chi connectivity index (χ0n) is 15.1. The van der Waals surface area contributed by atoms with Crippen molar-refractivity contribution in [2.24, 2.45) is 5.73 Å². The molecule has 0 aliphatic heterocycles. The van der Waals surface area contributed by atoms with Crippen molar-refractivity contribution in [3.63, 3.8) is 0 Å². The molecule has 1 heterocycles. The molecule has 0 unspecified atom stereocenters. The summed E-state index contributed by atoms with van der Waals surface area (Å²) in [6.07, 6.45) is 0. The third-order valence-electron chi connectivity index (χ3n) is 3.98. The van der Waals surface area contributed by atoms with E-state index in [2.05, 4.69) is 4.98 Å². The first-order valence-corrected chi connectivity index (χ1v) is 10.6. The number of nitrogens with zero attached hydrogens (tertiary/aromatic N) is 3. The zero-order valence-corrected chi connectivity index (χ0v) is 17.5. The maximum atomic E-state index is 12.7. The Morgan fingerprint density at radius 2 is 2.07 bits per heavy atom. The Morgan fingerprint density at radius 3 is 2.72 bits per heavy atom. The number of nitrogens with two attached hydrogens (primary N) is 1. The first-order valence-electron chi connectivity index (χ1n) is 8.37. The number of thiazole rings is 1. The number of hydrogen-bond donors (Lipinski definition) is 1. The van der Waals surface area contributed by atoms with Gasteiger partial charge >= 0.3 is 0 Å². The Bertz CT molecular complexity index is 1120. The monoisotopic (exact) mass is 450 g/mol. The van der Waals surface area contributed by atoms with E-state index in [-0.39, 0.29) is 27.8 Å². The third-order valence-corrected chi connectivity index (χ3v) is 6.32. The Kier molecular flexibility index (Phi) is 6.36. The molecule has 2 aromatic carbocycles. The Morgan fingerprint density at radius 1 is 1.31 bits per heavy atom. The van der Waals surface area contributed by atoms with E-state index in [9.17, 15) is 19.7 Å². The fraction of sp³-hybridized carbons (Fsp3) is 0.167. The molecule has 3 rings (SSSR count). The second-order valence-corrected chi connectivity index (χ2v) is 8.30. The molecule has 0 aliphatic rings. The summed E-state index contributed by atoms with van der Waals surface area (Å²) < 4.78 is 0.904. The molecule has 2 N–H and O–H groups in total. The molecule has 0 fully saturated rings. The van der Waals surface area contributed by atoms with Gasteiger partial charge in [-0.25, -0.2) is 4.98 Å². The third kappa shape index (κ3) is 4.66. The van der Waals surface area contributed by atoms with Crippen LogP contribution >= 0.6 is 34.7 Å². The molecule has 0 saturated carbocycles. The van der Waals surface area contributed by atoms with E-state index >= 15 is 0 Å². The Labute approximate surface area is 178 Å². The minimum atomic E-state index is -0.756. The van der Waals surface area contributed by atoms with Gasteiger partial charge in [-0.2, -0.15) is 0 Å². The number of primary amides is 1. The van der Waals surface area contributed by atoms with Crippen molar-refractivity contribution in [1.82, 2.24) is 4.98 Å². The van der Waals surface area contributed by atoms with Crippen molar-refractivity contribution in [3.8, 4) is 0 Å². The molecule has 8 nitrogen and oxygen atoms in total. The quantitative estimate of drug-likeness (QED) is 0.328. The van der Waals surface area contributed by atoms with Crippen LogP contribution < -0.4 is 10.6 Å². The van der Waals surface area contributed by atoms with Crippen LogP contribution in [-0.4, -0.2) is 34.0 Å². The number of aromatic nitrogens is 1. The van der Waals surface area contributed by atoms with E-state index < -0.39 is 10.8 Å². The van der Waals surface area contributed by atoms with Gasteiger partial charge in [0, 0.05) is 23.2 Å². The van der Waals surface area contributed by atoms with Crippen LogP contribution in [0, 0.1) is 10.1 Å². The second-order valence-electron chi connectivity index (χ2n) is 5.84. The van der Waals surface area contributed by atoms with Gasteiger partial charge < -0.3 is 5.73 Å². The predicted molar refractivity (Wildman–Crippen MR) is 115 cm³/mol. The minimum absolute atomic E-state index is 0.0265. The van der Waals surface area contributed by atoms with Gasteiger partial charge in [0.2, 0.25) is 11.8 Å². The fourth-order valence-corrected chi connectivity index (χ4v) is 4.65. The van der Waals surface area contributed by atoms with Gasteiger partial charge in [-0.3, -0.25) is 24.6 Å². The number of thioether (sulfide) groups is 1. The van der Waals surface area contributed by atoms with Gasteiger partial charge in [0.15, 0.2) is 5.13 Å². The second kappa shape index (κ2) is 8.76. The summed E-state index contributed by atoms with van der Waals surface area (Å²) in [7, 11) is 0. The van der Waals surface area contributed by atoms with Gasteiger partial charge in [-0.1, -0.05) is 22.9 Å². The summed E-state index contributed by atoms with van der Waals surface area (Å²) in [6, 6.07) is 9.27. The molecule has 2 amide bonds. The summed E-state index contributed by atoms with van der Waals surface area (Å²) in [5.74, 6) is -1.02. The number of rotatable bonds is 7. The van der Waals surface area contributed by atoms with Crippen molar-refractivity contribution < 1.29 is 14.5 Å². The first-order chi connectivity index (χ1) is 13.8. The SMILES string of the molecule is CCN(C(=O)CSc1ccc(C(N)=O)cc1[N+](=O)[O-])c1nc2cc(Cl)ccc2s1. The number of anilines is 1. The molecule has 0 atom stereocenters. The van der Waals surface area contributed by atoms with E-state index in [1.165, 1.54) is 28.4 Å². The molecule has 0 radical (unpaired) electrons. The lowest BCUT2D eigenvalue weighted by molar-refractivity contribution is -0.387. The molecule has 0 spiro atoms. The van der Waals surface area contributed by atoms with Gasteiger partial charge in [0.25, 0.3) is 5.69 Å². The van der Waals surface area contributed by atoms with Crippen LogP contribution in [0.3, 0.4) is 0 Å². The number of nitro groups is 1. The van der Waals surface area contributed by atoms with Crippen LogP contribution in [0.25, 0.3) is 10.2 Å². The zero-order chi connectivity index (χ0) is 21.1. The summed E-state index contributed by atoms with van der Waals surface area (Å²) in [5.41, 5.74) is 5.65. The fourth-order valence-electron chi connectivity index (χ4n) is 2.57. The van der Waals surface area contributed by atoms with Crippen molar-refractivity contribution in [1.29, 1.82) is 0 Å². The lowest BCUT2D eigenvalue weighted by Crippen LogP contribution is -2.32. The van der Waals surface area contributed by atoms with Crippen LogP contribution in [0.5, 0.6) is 0 Å². The van der Waals surface area contributed by atoms with Gasteiger partial charge in [0.05, 0.1) is 25.8 Å². The maximum absolute atomic E-state index is 12.7. The van der Waals surface area contributed by atoms with E-state index in [4.69, 9.17) is 17.3 Å². The number of carbonyl (C=O) groups excluding carboxylic acids is 2. The van der Waals surface area contributed by atoms with Gasteiger partial charge in [-0.15, -0.1) is 11.8 Å². The highest BCUT2D eigenvalue weighted by atomic mass is 35.5. The minimum Gasteiger partial charge on any atom is -0.366 e.